The maximum atomic E-state index is 13.0. The molecule has 0 heterocycles. The minimum Gasteiger partial charge on any atom is -0.278 e. The lowest BCUT2D eigenvalue weighted by atomic mass is 10.1. The molecule has 0 bridgehead atoms. The average Bonchev–Trinajstić information content (AvgIpc) is 2.74. The third-order valence-electron chi connectivity index (χ3n) is 4.12. The third kappa shape index (κ3) is 4.94. The standard InChI is InChI=1S/C20H17ClN4O4S/c1-14(15-7-3-2-4-8-15)22-23-19-12-11-16(25(26)27)13-20(19)30(28,29)24-18-10-6-5-9-17(18)21/h2-13,23-24H,1H3. The monoisotopic (exact) mass is 444 g/mol. The van der Waals surface area contributed by atoms with Gasteiger partial charge in [-0.1, -0.05) is 54.1 Å². The number of nitro benzene ring substituents is 1. The Labute approximate surface area is 178 Å². The van der Waals surface area contributed by atoms with E-state index in [1.807, 2.05) is 30.3 Å². The van der Waals surface area contributed by atoms with Crippen molar-refractivity contribution in [3.05, 3.63) is 93.5 Å². The summed E-state index contributed by atoms with van der Waals surface area (Å²) in [5.74, 6) is 0. The topological polar surface area (TPSA) is 114 Å². The van der Waals surface area contributed by atoms with E-state index in [1.54, 1.807) is 19.1 Å². The number of hydrazone groups is 1. The molecule has 0 saturated carbocycles. The van der Waals surface area contributed by atoms with Crippen LogP contribution in [-0.2, 0) is 10.0 Å². The van der Waals surface area contributed by atoms with Crippen molar-refractivity contribution in [1.29, 1.82) is 0 Å². The SMILES string of the molecule is CC(=NNc1ccc([N+](=O)[O-])cc1S(=O)(=O)Nc1ccccc1Cl)c1ccccc1. The fourth-order valence-corrected chi connectivity index (χ4v) is 4.07. The molecule has 3 aromatic rings. The number of para-hydroxylation sites is 1. The second kappa shape index (κ2) is 8.93. The van der Waals surface area contributed by atoms with Crippen LogP contribution in [0.4, 0.5) is 17.1 Å². The van der Waals surface area contributed by atoms with Gasteiger partial charge in [-0.05, 0) is 30.7 Å². The van der Waals surface area contributed by atoms with Gasteiger partial charge in [0, 0.05) is 12.1 Å². The van der Waals surface area contributed by atoms with Gasteiger partial charge in [-0.3, -0.25) is 20.3 Å². The lowest BCUT2D eigenvalue weighted by Gasteiger charge is -2.13. The summed E-state index contributed by atoms with van der Waals surface area (Å²) in [4.78, 5) is 10.2. The van der Waals surface area contributed by atoms with Crippen LogP contribution in [0.25, 0.3) is 0 Å². The van der Waals surface area contributed by atoms with Gasteiger partial charge in [0.2, 0.25) is 0 Å². The Hall–Kier alpha value is -3.43. The zero-order valence-corrected chi connectivity index (χ0v) is 17.3. The first-order valence-electron chi connectivity index (χ1n) is 8.69. The Morgan fingerprint density at radius 1 is 1.00 bits per heavy atom. The Bertz CT molecular complexity index is 1210. The molecule has 8 nitrogen and oxygen atoms in total. The predicted octanol–water partition coefficient (Wildman–Crippen LogP) is 4.89. The molecule has 10 heteroatoms. The molecule has 3 rings (SSSR count). The summed E-state index contributed by atoms with van der Waals surface area (Å²) in [6.07, 6.45) is 0. The van der Waals surface area contributed by atoms with E-state index in [0.29, 0.717) is 5.71 Å². The maximum absolute atomic E-state index is 13.0. The number of nitro groups is 1. The molecule has 0 amide bonds. The number of nitrogens with zero attached hydrogens (tertiary/aromatic N) is 2. The summed E-state index contributed by atoms with van der Waals surface area (Å²) in [5, 5.41) is 15.6. The van der Waals surface area contributed by atoms with Crippen molar-refractivity contribution in [2.75, 3.05) is 10.1 Å². The van der Waals surface area contributed by atoms with Crippen LogP contribution in [0.2, 0.25) is 5.02 Å². The van der Waals surface area contributed by atoms with Crippen LogP contribution in [-0.4, -0.2) is 19.1 Å². The van der Waals surface area contributed by atoms with E-state index < -0.39 is 14.9 Å². The Morgan fingerprint density at radius 3 is 2.33 bits per heavy atom. The first-order valence-corrected chi connectivity index (χ1v) is 10.6. The fourth-order valence-electron chi connectivity index (χ4n) is 2.57. The maximum Gasteiger partial charge on any atom is 0.270 e. The highest BCUT2D eigenvalue weighted by Crippen LogP contribution is 2.30. The summed E-state index contributed by atoms with van der Waals surface area (Å²) in [7, 11) is -4.21. The molecular formula is C20H17ClN4O4S. The normalized spacial score (nSPS) is 11.7. The van der Waals surface area contributed by atoms with Gasteiger partial charge in [0.1, 0.15) is 4.90 Å². The molecule has 0 unspecified atom stereocenters. The molecule has 0 aliphatic heterocycles. The molecule has 3 aromatic carbocycles. The molecule has 0 saturated heterocycles. The van der Waals surface area contributed by atoms with Gasteiger partial charge in [-0.25, -0.2) is 8.42 Å². The van der Waals surface area contributed by atoms with Crippen LogP contribution in [0, 0.1) is 10.1 Å². The summed E-state index contributed by atoms with van der Waals surface area (Å²) in [6, 6.07) is 19.0. The molecule has 0 aliphatic rings. The van der Waals surface area contributed by atoms with Crippen molar-refractivity contribution < 1.29 is 13.3 Å². The van der Waals surface area contributed by atoms with Crippen molar-refractivity contribution in [1.82, 2.24) is 0 Å². The minimum atomic E-state index is -4.21. The zero-order valence-electron chi connectivity index (χ0n) is 15.7. The van der Waals surface area contributed by atoms with Crippen molar-refractivity contribution >= 4 is 44.4 Å². The molecule has 154 valence electrons. The van der Waals surface area contributed by atoms with E-state index in [0.717, 1.165) is 11.6 Å². The van der Waals surface area contributed by atoms with Gasteiger partial charge in [-0.2, -0.15) is 5.10 Å². The fraction of sp³-hybridized carbons (Fsp3) is 0.0500. The number of hydrogen-bond donors (Lipinski definition) is 2. The smallest absolute Gasteiger partial charge is 0.270 e. The summed E-state index contributed by atoms with van der Waals surface area (Å²) < 4.78 is 28.3. The number of benzene rings is 3. The highest BCUT2D eigenvalue weighted by molar-refractivity contribution is 7.93. The van der Waals surface area contributed by atoms with Gasteiger partial charge >= 0.3 is 0 Å². The summed E-state index contributed by atoms with van der Waals surface area (Å²) >= 11 is 6.04. The molecule has 0 fully saturated rings. The average molecular weight is 445 g/mol. The van der Waals surface area contributed by atoms with E-state index in [2.05, 4.69) is 15.2 Å². The van der Waals surface area contributed by atoms with Gasteiger partial charge in [-0.15, -0.1) is 0 Å². The first-order chi connectivity index (χ1) is 14.3. The van der Waals surface area contributed by atoms with E-state index in [1.165, 1.54) is 24.3 Å². The second-order valence-corrected chi connectivity index (χ2v) is 8.26. The number of sulfonamides is 1. The summed E-state index contributed by atoms with van der Waals surface area (Å²) in [5.41, 5.74) is 4.00. The van der Waals surface area contributed by atoms with E-state index in [9.17, 15) is 18.5 Å². The van der Waals surface area contributed by atoms with E-state index >= 15 is 0 Å². The van der Waals surface area contributed by atoms with E-state index in [4.69, 9.17) is 11.6 Å². The number of non-ortho nitro benzene ring substituents is 1. The van der Waals surface area contributed by atoms with Crippen molar-refractivity contribution in [2.45, 2.75) is 11.8 Å². The Balaban J connectivity index is 2.00. The molecular weight excluding hydrogens is 428 g/mol. The quantitative estimate of drug-likeness (QED) is 0.306. The van der Waals surface area contributed by atoms with Crippen molar-refractivity contribution in [3.8, 4) is 0 Å². The van der Waals surface area contributed by atoms with Crippen LogP contribution in [0.15, 0.2) is 82.8 Å². The number of halogens is 1. The number of anilines is 2. The third-order valence-corrected chi connectivity index (χ3v) is 5.85. The molecule has 0 atom stereocenters. The molecule has 0 spiro atoms. The molecule has 0 radical (unpaired) electrons. The molecule has 30 heavy (non-hydrogen) atoms. The summed E-state index contributed by atoms with van der Waals surface area (Å²) in [6.45, 7) is 1.75. The lowest BCUT2D eigenvalue weighted by Crippen LogP contribution is -2.15. The van der Waals surface area contributed by atoms with Gasteiger partial charge in [0.25, 0.3) is 15.7 Å². The Morgan fingerprint density at radius 2 is 1.67 bits per heavy atom. The van der Waals surface area contributed by atoms with Crippen LogP contribution < -0.4 is 10.1 Å². The number of hydrogen-bond acceptors (Lipinski definition) is 6. The number of rotatable bonds is 7. The Kier molecular flexibility index (Phi) is 6.34. The molecule has 0 aromatic heterocycles. The highest BCUT2D eigenvalue weighted by Gasteiger charge is 2.23. The number of nitrogens with one attached hydrogen (secondary N) is 2. The lowest BCUT2D eigenvalue weighted by molar-refractivity contribution is -0.385. The minimum absolute atomic E-state index is 0.0791. The zero-order chi connectivity index (χ0) is 21.7. The largest absolute Gasteiger partial charge is 0.278 e. The van der Waals surface area contributed by atoms with Crippen LogP contribution >= 0.6 is 11.6 Å². The first kappa shape index (κ1) is 21.3. The predicted molar refractivity (Wildman–Crippen MR) is 118 cm³/mol. The van der Waals surface area contributed by atoms with Crippen molar-refractivity contribution in [2.24, 2.45) is 5.10 Å². The van der Waals surface area contributed by atoms with Crippen molar-refractivity contribution in [3.63, 3.8) is 0 Å². The molecule has 0 aliphatic carbocycles. The second-order valence-electron chi connectivity index (χ2n) is 6.20. The van der Waals surface area contributed by atoms with Gasteiger partial charge < -0.3 is 0 Å². The van der Waals surface area contributed by atoms with Crippen LogP contribution in [0.1, 0.15) is 12.5 Å². The van der Waals surface area contributed by atoms with E-state index in [-0.39, 0.29) is 27.0 Å². The van der Waals surface area contributed by atoms with Gasteiger partial charge in [0.15, 0.2) is 0 Å². The molecule has 2 N–H and O–H groups in total. The van der Waals surface area contributed by atoms with Crippen LogP contribution in [0.5, 0.6) is 0 Å². The highest BCUT2D eigenvalue weighted by atomic mass is 35.5. The van der Waals surface area contributed by atoms with Gasteiger partial charge in [0.05, 0.1) is 27.0 Å². The van der Waals surface area contributed by atoms with Crippen LogP contribution in [0.3, 0.4) is 0 Å².